The highest BCUT2D eigenvalue weighted by Crippen LogP contribution is 2.12. The number of benzene rings is 1. The fourth-order valence-electron chi connectivity index (χ4n) is 1.66. The Balaban J connectivity index is 2.12. The second kappa shape index (κ2) is 5.47. The molecule has 0 atom stereocenters. The maximum Gasteiger partial charge on any atom is 0.260 e. The van der Waals surface area contributed by atoms with Gasteiger partial charge in [-0.1, -0.05) is 0 Å². The van der Waals surface area contributed by atoms with Gasteiger partial charge in [0.1, 0.15) is 0 Å². The highest BCUT2D eigenvalue weighted by Gasteiger charge is 2.04. The summed E-state index contributed by atoms with van der Waals surface area (Å²) in [6.45, 7) is 0.499. The second-order valence-corrected chi connectivity index (χ2v) is 6.12. The van der Waals surface area contributed by atoms with Gasteiger partial charge >= 0.3 is 0 Å². The third-order valence-electron chi connectivity index (χ3n) is 2.51. The number of nitrogens with two attached hydrogens (primary N) is 1. The lowest BCUT2D eigenvalue weighted by atomic mass is 10.2. The number of nitrogens with one attached hydrogen (secondary N) is 3. The van der Waals surface area contributed by atoms with E-state index in [9.17, 15) is 13.2 Å². The van der Waals surface area contributed by atoms with E-state index in [1.165, 1.54) is 0 Å². The van der Waals surface area contributed by atoms with Gasteiger partial charge in [0.2, 0.25) is 16.0 Å². The third-order valence-corrected chi connectivity index (χ3v) is 3.24. The van der Waals surface area contributed by atoms with Crippen LogP contribution in [0.1, 0.15) is 0 Å². The van der Waals surface area contributed by atoms with Gasteiger partial charge < -0.3 is 11.1 Å². The second-order valence-electron chi connectivity index (χ2n) is 4.28. The third kappa shape index (κ3) is 3.68. The van der Waals surface area contributed by atoms with E-state index in [0.717, 1.165) is 6.26 Å². The average molecular weight is 297 g/mol. The number of nitrogens with zero attached hydrogens (tertiary/aromatic N) is 1. The van der Waals surface area contributed by atoms with E-state index < -0.39 is 10.0 Å². The van der Waals surface area contributed by atoms with E-state index in [1.54, 1.807) is 18.2 Å². The van der Waals surface area contributed by atoms with Gasteiger partial charge in [-0.3, -0.25) is 9.78 Å². The van der Waals surface area contributed by atoms with Gasteiger partial charge in [0.25, 0.3) is 5.56 Å². The maximum atomic E-state index is 11.8. The molecule has 0 amide bonds. The Bertz CT molecular complexity index is 784. The molecule has 0 radical (unpaired) electrons. The van der Waals surface area contributed by atoms with E-state index >= 15 is 0 Å². The van der Waals surface area contributed by atoms with Gasteiger partial charge in [-0.25, -0.2) is 18.1 Å². The van der Waals surface area contributed by atoms with E-state index in [4.69, 9.17) is 5.73 Å². The van der Waals surface area contributed by atoms with E-state index in [1.807, 2.05) is 0 Å². The predicted octanol–water partition coefficient (Wildman–Crippen LogP) is -0.534. The Morgan fingerprint density at radius 3 is 2.80 bits per heavy atom. The quantitative estimate of drug-likeness (QED) is 0.433. The normalized spacial score (nSPS) is 11.7. The van der Waals surface area contributed by atoms with Gasteiger partial charge in [-0.2, -0.15) is 0 Å². The van der Waals surface area contributed by atoms with E-state index in [-0.39, 0.29) is 18.1 Å². The van der Waals surface area contributed by atoms with Crippen LogP contribution in [0.15, 0.2) is 23.0 Å². The van der Waals surface area contributed by atoms with Crippen molar-refractivity contribution in [3.63, 3.8) is 0 Å². The number of aromatic nitrogens is 2. The Morgan fingerprint density at radius 2 is 2.10 bits per heavy atom. The fourth-order valence-corrected chi connectivity index (χ4v) is 2.13. The Kier molecular flexibility index (Phi) is 3.91. The maximum absolute atomic E-state index is 11.8. The Morgan fingerprint density at radius 1 is 1.35 bits per heavy atom. The molecular formula is C11H15N5O3S. The molecular weight excluding hydrogens is 282 g/mol. The summed E-state index contributed by atoms with van der Waals surface area (Å²) in [5.74, 6) is 0.280. The van der Waals surface area contributed by atoms with Crippen molar-refractivity contribution in [1.29, 1.82) is 0 Å². The Labute approximate surface area is 115 Å². The summed E-state index contributed by atoms with van der Waals surface area (Å²) in [7, 11) is -3.22. The van der Waals surface area contributed by atoms with E-state index in [2.05, 4.69) is 20.0 Å². The number of hydrogen-bond acceptors (Lipinski definition) is 6. The van der Waals surface area contributed by atoms with Gasteiger partial charge in [-0.05, 0) is 18.2 Å². The van der Waals surface area contributed by atoms with Crippen LogP contribution in [0.25, 0.3) is 10.9 Å². The van der Waals surface area contributed by atoms with Crippen LogP contribution in [-0.2, 0) is 10.0 Å². The number of rotatable bonds is 5. The molecule has 0 bridgehead atoms. The molecule has 1 aromatic heterocycles. The van der Waals surface area contributed by atoms with Crippen molar-refractivity contribution < 1.29 is 8.42 Å². The molecule has 20 heavy (non-hydrogen) atoms. The summed E-state index contributed by atoms with van der Waals surface area (Å²) in [5, 5.41) is 3.25. The molecule has 0 spiro atoms. The van der Waals surface area contributed by atoms with Crippen LogP contribution in [0.5, 0.6) is 0 Å². The first-order valence-electron chi connectivity index (χ1n) is 5.83. The Hall–Kier alpha value is -2.13. The van der Waals surface area contributed by atoms with Crippen molar-refractivity contribution in [1.82, 2.24) is 14.7 Å². The standard InChI is InChI=1S/C11H15N5O3S/c1-20(18,19)14-5-4-13-11-15-9-3-2-7(12)6-8(9)10(17)16-11/h2-3,6,14H,4-5,12H2,1H3,(H2,13,15,16,17). The smallest absolute Gasteiger partial charge is 0.260 e. The van der Waals surface area contributed by atoms with Crippen molar-refractivity contribution in [2.75, 3.05) is 30.4 Å². The monoisotopic (exact) mass is 297 g/mol. The molecule has 0 saturated heterocycles. The minimum absolute atomic E-state index is 0.197. The molecule has 0 aliphatic heterocycles. The van der Waals surface area contributed by atoms with Crippen molar-refractivity contribution in [3.05, 3.63) is 28.6 Å². The minimum atomic E-state index is -3.22. The van der Waals surface area contributed by atoms with Crippen LogP contribution in [0, 0.1) is 0 Å². The molecule has 1 heterocycles. The fraction of sp³-hybridized carbons (Fsp3) is 0.273. The molecule has 2 rings (SSSR count). The lowest BCUT2D eigenvalue weighted by Gasteiger charge is -2.07. The zero-order valence-electron chi connectivity index (χ0n) is 10.8. The number of fused-ring (bicyclic) bond motifs is 1. The zero-order valence-corrected chi connectivity index (χ0v) is 11.6. The predicted molar refractivity (Wildman–Crippen MR) is 78.1 cm³/mol. The number of H-pyrrole nitrogens is 1. The van der Waals surface area contributed by atoms with Crippen molar-refractivity contribution in [2.45, 2.75) is 0 Å². The molecule has 9 heteroatoms. The topological polar surface area (TPSA) is 130 Å². The first kappa shape index (κ1) is 14.3. The minimum Gasteiger partial charge on any atom is -0.399 e. The van der Waals surface area contributed by atoms with Crippen molar-refractivity contribution in [3.8, 4) is 0 Å². The van der Waals surface area contributed by atoms with Crippen molar-refractivity contribution in [2.24, 2.45) is 0 Å². The lowest BCUT2D eigenvalue weighted by molar-refractivity contribution is 0.589. The molecule has 2 aromatic rings. The van der Waals surface area contributed by atoms with Crippen LogP contribution in [0.3, 0.4) is 0 Å². The van der Waals surface area contributed by atoms with Gasteiger partial charge in [0.15, 0.2) is 0 Å². The molecule has 0 saturated carbocycles. The summed E-state index contributed by atoms with van der Waals surface area (Å²) in [6, 6.07) is 4.86. The average Bonchev–Trinajstić information content (AvgIpc) is 2.34. The molecule has 1 aromatic carbocycles. The number of aromatic amines is 1. The van der Waals surface area contributed by atoms with Crippen LogP contribution in [0.4, 0.5) is 11.6 Å². The highest BCUT2D eigenvalue weighted by molar-refractivity contribution is 7.88. The summed E-state index contributed by atoms with van der Waals surface area (Å²) < 4.78 is 24.1. The summed E-state index contributed by atoms with van der Waals surface area (Å²) in [4.78, 5) is 18.6. The largest absolute Gasteiger partial charge is 0.399 e. The molecule has 5 N–H and O–H groups in total. The van der Waals surface area contributed by atoms with Crippen LogP contribution >= 0.6 is 0 Å². The molecule has 0 fully saturated rings. The van der Waals surface area contributed by atoms with Crippen LogP contribution in [-0.4, -0.2) is 37.7 Å². The highest BCUT2D eigenvalue weighted by atomic mass is 32.2. The summed E-state index contributed by atoms with van der Waals surface area (Å²) in [5.41, 5.74) is 6.31. The van der Waals surface area contributed by atoms with Crippen molar-refractivity contribution >= 4 is 32.6 Å². The summed E-state index contributed by atoms with van der Waals surface area (Å²) >= 11 is 0. The van der Waals surface area contributed by atoms with Gasteiger partial charge in [-0.15, -0.1) is 0 Å². The number of sulfonamides is 1. The SMILES string of the molecule is CS(=O)(=O)NCCNc1nc2ccc(N)cc2c(=O)[nH]1. The summed E-state index contributed by atoms with van der Waals surface area (Å²) in [6.07, 6.45) is 1.08. The number of anilines is 2. The lowest BCUT2D eigenvalue weighted by Crippen LogP contribution is -2.28. The molecule has 108 valence electrons. The first-order valence-corrected chi connectivity index (χ1v) is 7.72. The number of nitrogen functional groups attached to an aromatic ring is 1. The first-order chi connectivity index (χ1) is 9.35. The van der Waals surface area contributed by atoms with Gasteiger partial charge in [0.05, 0.1) is 17.2 Å². The molecule has 0 unspecified atom stereocenters. The van der Waals surface area contributed by atoms with Gasteiger partial charge in [0, 0.05) is 18.8 Å². The molecule has 8 nitrogen and oxygen atoms in total. The molecule has 0 aliphatic rings. The van der Waals surface area contributed by atoms with E-state index in [0.29, 0.717) is 23.1 Å². The molecule has 0 aliphatic carbocycles. The zero-order chi connectivity index (χ0) is 14.8. The van der Waals surface area contributed by atoms with Crippen LogP contribution < -0.4 is 21.3 Å². The van der Waals surface area contributed by atoms with Crippen LogP contribution in [0.2, 0.25) is 0 Å². The number of hydrogen-bond donors (Lipinski definition) is 4.